The third kappa shape index (κ3) is 8.04. The van der Waals surface area contributed by atoms with E-state index < -0.39 is 11.7 Å². The highest BCUT2D eigenvalue weighted by molar-refractivity contribution is 14.0. The Bertz CT molecular complexity index is 805. The SMILES string of the molecule is CCNC(=NCc1nc(C)c(C)o1)NCC(CC)Oc1cccc(C(F)(F)F)c1.I. The fourth-order valence-corrected chi connectivity index (χ4v) is 2.51. The number of oxazole rings is 1. The van der Waals surface area contributed by atoms with Gasteiger partial charge in [-0.25, -0.2) is 9.98 Å². The van der Waals surface area contributed by atoms with Crippen LogP contribution in [-0.2, 0) is 12.7 Å². The molecule has 0 amide bonds. The molecule has 1 heterocycles. The zero-order chi connectivity index (χ0) is 21.4. The minimum atomic E-state index is -4.40. The van der Waals surface area contributed by atoms with Crippen LogP contribution in [0, 0.1) is 13.8 Å². The second-order valence-corrected chi connectivity index (χ2v) is 6.50. The van der Waals surface area contributed by atoms with Gasteiger partial charge in [0.25, 0.3) is 0 Å². The van der Waals surface area contributed by atoms with E-state index in [0.717, 1.165) is 23.6 Å². The Hall–Kier alpha value is -1.98. The molecule has 0 aliphatic carbocycles. The lowest BCUT2D eigenvalue weighted by Crippen LogP contribution is -2.42. The molecule has 1 unspecified atom stereocenters. The minimum Gasteiger partial charge on any atom is -0.489 e. The van der Waals surface area contributed by atoms with Crippen molar-refractivity contribution in [2.45, 2.75) is 52.9 Å². The number of ether oxygens (including phenoxy) is 1. The number of rotatable bonds is 8. The maximum Gasteiger partial charge on any atom is 0.416 e. The highest BCUT2D eigenvalue weighted by Gasteiger charge is 2.30. The molecular formula is C20H28F3IN4O2. The maximum absolute atomic E-state index is 12.9. The van der Waals surface area contributed by atoms with Crippen LogP contribution in [0.15, 0.2) is 33.7 Å². The molecule has 2 rings (SSSR count). The standard InChI is InChI=1S/C20H27F3N4O2.HI/c1-5-16(29-17-9-7-8-15(10-17)20(21,22)23)11-25-19(24-6-2)26-12-18-27-13(3)14(4)28-18;/h7-10,16H,5-6,11-12H2,1-4H3,(H2,24,25,26);1H. The van der Waals surface area contributed by atoms with Gasteiger partial charge in [0, 0.05) is 6.54 Å². The lowest BCUT2D eigenvalue weighted by molar-refractivity contribution is -0.137. The smallest absolute Gasteiger partial charge is 0.416 e. The Morgan fingerprint density at radius 2 is 1.97 bits per heavy atom. The zero-order valence-electron chi connectivity index (χ0n) is 17.5. The van der Waals surface area contributed by atoms with Gasteiger partial charge in [-0.1, -0.05) is 13.0 Å². The first kappa shape index (κ1) is 26.1. The van der Waals surface area contributed by atoms with Gasteiger partial charge in [0.2, 0.25) is 5.89 Å². The second kappa shape index (κ2) is 12.0. The van der Waals surface area contributed by atoms with E-state index in [2.05, 4.69) is 20.6 Å². The molecule has 0 bridgehead atoms. The van der Waals surface area contributed by atoms with Gasteiger partial charge in [0.1, 0.15) is 24.2 Å². The number of nitrogens with one attached hydrogen (secondary N) is 2. The number of nitrogens with zero attached hydrogens (tertiary/aromatic N) is 2. The van der Waals surface area contributed by atoms with Crippen LogP contribution in [0.5, 0.6) is 5.75 Å². The van der Waals surface area contributed by atoms with Crippen molar-refractivity contribution in [3.05, 3.63) is 47.2 Å². The number of alkyl halides is 3. The molecule has 0 saturated heterocycles. The van der Waals surface area contributed by atoms with Crippen molar-refractivity contribution in [3.63, 3.8) is 0 Å². The molecular weight excluding hydrogens is 512 g/mol. The maximum atomic E-state index is 12.9. The van der Waals surface area contributed by atoms with Crippen molar-refractivity contribution in [2.75, 3.05) is 13.1 Å². The summed E-state index contributed by atoms with van der Waals surface area (Å²) >= 11 is 0. The molecule has 6 nitrogen and oxygen atoms in total. The van der Waals surface area contributed by atoms with Gasteiger partial charge in [-0.2, -0.15) is 13.2 Å². The first-order chi connectivity index (χ1) is 13.7. The quantitative estimate of drug-likeness (QED) is 0.285. The number of aliphatic imine (C=N–C) groups is 1. The van der Waals surface area contributed by atoms with E-state index in [4.69, 9.17) is 9.15 Å². The zero-order valence-corrected chi connectivity index (χ0v) is 19.8. The predicted molar refractivity (Wildman–Crippen MR) is 120 cm³/mol. The van der Waals surface area contributed by atoms with Gasteiger partial charge >= 0.3 is 6.18 Å². The average molecular weight is 540 g/mol. The summed E-state index contributed by atoms with van der Waals surface area (Å²) < 4.78 is 49.9. The van der Waals surface area contributed by atoms with Crippen molar-refractivity contribution >= 4 is 29.9 Å². The van der Waals surface area contributed by atoms with Gasteiger partial charge in [-0.05, 0) is 45.4 Å². The molecule has 0 fully saturated rings. The Labute approximate surface area is 191 Å². The number of benzene rings is 1. The Kier molecular flexibility index (Phi) is 10.4. The molecule has 2 N–H and O–H groups in total. The van der Waals surface area contributed by atoms with Crippen LogP contribution in [0.25, 0.3) is 0 Å². The summed E-state index contributed by atoms with van der Waals surface area (Å²) in [7, 11) is 0. The summed E-state index contributed by atoms with van der Waals surface area (Å²) in [5, 5.41) is 6.26. The van der Waals surface area contributed by atoms with Crippen LogP contribution in [0.4, 0.5) is 13.2 Å². The van der Waals surface area contributed by atoms with Gasteiger partial charge in [-0.3, -0.25) is 0 Å². The summed E-state index contributed by atoms with van der Waals surface area (Å²) in [5.41, 5.74) is 0.0953. The van der Waals surface area contributed by atoms with Crippen LogP contribution in [0.3, 0.4) is 0 Å². The summed E-state index contributed by atoms with van der Waals surface area (Å²) in [6, 6.07) is 4.89. The van der Waals surface area contributed by atoms with Gasteiger partial charge in [0.15, 0.2) is 5.96 Å². The highest BCUT2D eigenvalue weighted by Crippen LogP contribution is 2.31. The van der Waals surface area contributed by atoms with E-state index in [1.54, 1.807) is 0 Å². The summed E-state index contributed by atoms with van der Waals surface area (Å²) in [4.78, 5) is 8.72. The van der Waals surface area contributed by atoms with Crippen LogP contribution in [0.2, 0.25) is 0 Å². The number of halogens is 4. The Balaban J connectivity index is 0.00000450. The number of aryl methyl sites for hydroxylation is 2. The average Bonchev–Trinajstić information content (AvgIpc) is 3.00. The van der Waals surface area contributed by atoms with Gasteiger partial charge in [0.05, 0.1) is 17.8 Å². The van der Waals surface area contributed by atoms with Crippen LogP contribution < -0.4 is 15.4 Å². The third-order valence-electron chi connectivity index (χ3n) is 4.21. The number of guanidine groups is 1. The number of hydrogen-bond acceptors (Lipinski definition) is 4. The first-order valence-corrected chi connectivity index (χ1v) is 9.51. The lowest BCUT2D eigenvalue weighted by atomic mass is 10.2. The highest BCUT2D eigenvalue weighted by atomic mass is 127. The van der Waals surface area contributed by atoms with Crippen molar-refractivity contribution in [2.24, 2.45) is 4.99 Å². The molecule has 1 aromatic heterocycles. The van der Waals surface area contributed by atoms with E-state index in [1.807, 2.05) is 27.7 Å². The molecule has 0 spiro atoms. The van der Waals surface area contributed by atoms with Crippen LogP contribution >= 0.6 is 24.0 Å². The first-order valence-electron chi connectivity index (χ1n) is 9.51. The second-order valence-electron chi connectivity index (χ2n) is 6.50. The fraction of sp³-hybridized carbons (Fsp3) is 0.500. The topological polar surface area (TPSA) is 71.7 Å². The molecule has 1 atom stereocenters. The summed E-state index contributed by atoms with van der Waals surface area (Å²) in [6.45, 7) is 8.86. The molecule has 1 aromatic carbocycles. The number of hydrogen-bond donors (Lipinski definition) is 2. The molecule has 0 aliphatic rings. The molecule has 10 heteroatoms. The summed E-state index contributed by atoms with van der Waals surface area (Å²) in [6.07, 6.45) is -4.12. The van der Waals surface area contributed by atoms with E-state index in [-0.39, 0.29) is 42.4 Å². The number of aromatic nitrogens is 1. The monoisotopic (exact) mass is 540 g/mol. The molecule has 0 saturated carbocycles. The fourth-order valence-electron chi connectivity index (χ4n) is 2.51. The lowest BCUT2D eigenvalue weighted by Gasteiger charge is -2.20. The van der Waals surface area contributed by atoms with Crippen molar-refractivity contribution in [3.8, 4) is 5.75 Å². The van der Waals surface area contributed by atoms with Gasteiger partial charge in [-0.15, -0.1) is 24.0 Å². The molecule has 30 heavy (non-hydrogen) atoms. The Morgan fingerprint density at radius 3 is 2.53 bits per heavy atom. The van der Waals surface area contributed by atoms with Crippen LogP contribution in [0.1, 0.15) is 43.2 Å². The summed E-state index contributed by atoms with van der Waals surface area (Å²) in [5.74, 6) is 2.01. The molecule has 168 valence electrons. The van der Waals surface area contributed by atoms with E-state index in [0.29, 0.717) is 31.4 Å². The molecule has 0 aliphatic heterocycles. The Morgan fingerprint density at radius 1 is 1.23 bits per heavy atom. The molecule has 2 aromatic rings. The van der Waals surface area contributed by atoms with Crippen molar-refractivity contribution in [1.82, 2.24) is 15.6 Å². The molecule has 0 radical (unpaired) electrons. The normalized spacial score (nSPS) is 12.8. The van der Waals surface area contributed by atoms with E-state index in [9.17, 15) is 13.2 Å². The van der Waals surface area contributed by atoms with E-state index >= 15 is 0 Å². The largest absolute Gasteiger partial charge is 0.489 e. The third-order valence-corrected chi connectivity index (χ3v) is 4.21. The van der Waals surface area contributed by atoms with Crippen molar-refractivity contribution < 1.29 is 22.3 Å². The van der Waals surface area contributed by atoms with Crippen molar-refractivity contribution in [1.29, 1.82) is 0 Å². The van der Waals surface area contributed by atoms with Crippen LogP contribution in [-0.4, -0.2) is 30.1 Å². The minimum absolute atomic E-state index is 0. The predicted octanol–water partition coefficient (Wildman–Crippen LogP) is 4.84. The van der Waals surface area contributed by atoms with Gasteiger partial charge < -0.3 is 19.8 Å². The van der Waals surface area contributed by atoms with E-state index in [1.165, 1.54) is 12.1 Å².